The summed E-state index contributed by atoms with van der Waals surface area (Å²) in [4.78, 5) is 13.6. The molecule has 20 heavy (non-hydrogen) atoms. The van der Waals surface area contributed by atoms with Gasteiger partial charge in [-0.3, -0.25) is 4.79 Å². The lowest BCUT2D eigenvalue weighted by Crippen LogP contribution is -2.50. The molecule has 0 aromatic heterocycles. The summed E-state index contributed by atoms with van der Waals surface area (Å²) in [5.74, 6) is -0.0274. The van der Waals surface area contributed by atoms with Crippen molar-refractivity contribution in [2.24, 2.45) is 5.92 Å². The zero-order valence-electron chi connectivity index (χ0n) is 12.1. The van der Waals surface area contributed by atoms with Crippen molar-refractivity contribution in [2.45, 2.75) is 38.6 Å². The zero-order valence-corrected chi connectivity index (χ0v) is 12.9. The molecule has 116 valence electrons. The van der Waals surface area contributed by atoms with Crippen LogP contribution in [-0.2, 0) is 14.8 Å². The van der Waals surface area contributed by atoms with Crippen LogP contribution in [0.15, 0.2) is 0 Å². The third-order valence-corrected chi connectivity index (χ3v) is 5.46. The second kappa shape index (κ2) is 6.87. The highest BCUT2D eigenvalue weighted by atomic mass is 32.2. The quantitative estimate of drug-likeness (QED) is 0.761. The molecule has 1 aliphatic carbocycles. The minimum absolute atomic E-state index is 0.00650. The van der Waals surface area contributed by atoms with Crippen molar-refractivity contribution in [3.63, 3.8) is 0 Å². The molecule has 1 aliphatic heterocycles. The summed E-state index contributed by atoms with van der Waals surface area (Å²) in [5, 5.41) is 3.14. The summed E-state index contributed by atoms with van der Waals surface area (Å²) in [7, 11) is -3.51. The van der Waals surface area contributed by atoms with Crippen LogP contribution in [0, 0.1) is 5.92 Å². The standard InChI is InChI=1S/C13H25N3O3S/c1-11-2-4-12(5-3-11)15-20(18,19)10-13(17)16-8-6-14-7-9-16/h11-12,14-15H,2-10H2,1H3. The van der Waals surface area contributed by atoms with E-state index >= 15 is 0 Å². The number of sulfonamides is 1. The van der Waals surface area contributed by atoms with Crippen LogP contribution in [0.2, 0.25) is 0 Å². The van der Waals surface area contributed by atoms with Crippen LogP contribution in [0.1, 0.15) is 32.6 Å². The van der Waals surface area contributed by atoms with Gasteiger partial charge in [-0.1, -0.05) is 6.92 Å². The van der Waals surface area contributed by atoms with E-state index in [9.17, 15) is 13.2 Å². The summed E-state index contributed by atoms with van der Waals surface area (Å²) >= 11 is 0. The molecule has 0 atom stereocenters. The van der Waals surface area contributed by atoms with E-state index in [4.69, 9.17) is 0 Å². The summed E-state index contributed by atoms with van der Waals surface area (Å²) in [6, 6.07) is 0.00650. The first-order valence-electron chi connectivity index (χ1n) is 7.45. The van der Waals surface area contributed by atoms with Crippen LogP contribution in [0.3, 0.4) is 0 Å². The predicted octanol–water partition coefficient (Wildman–Crippen LogP) is -0.0837. The van der Waals surface area contributed by atoms with Crippen molar-refractivity contribution in [3.8, 4) is 0 Å². The summed E-state index contributed by atoms with van der Waals surface area (Å²) in [5.41, 5.74) is 0. The molecule has 0 aromatic rings. The fourth-order valence-corrected chi connectivity index (χ4v) is 4.18. The van der Waals surface area contributed by atoms with Crippen molar-refractivity contribution in [2.75, 3.05) is 31.9 Å². The molecule has 0 unspecified atom stereocenters. The Balaban J connectivity index is 1.82. The summed E-state index contributed by atoms with van der Waals surface area (Å²) < 4.78 is 26.8. The SMILES string of the molecule is CC1CCC(NS(=O)(=O)CC(=O)N2CCNCC2)CC1. The highest BCUT2D eigenvalue weighted by molar-refractivity contribution is 7.90. The molecule has 7 heteroatoms. The van der Waals surface area contributed by atoms with E-state index in [0.717, 1.165) is 38.8 Å². The van der Waals surface area contributed by atoms with E-state index < -0.39 is 15.8 Å². The van der Waals surface area contributed by atoms with E-state index in [1.165, 1.54) is 0 Å². The Morgan fingerprint density at radius 1 is 1.20 bits per heavy atom. The maximum atomic E-state index is 12.1. The van der Waals surface area contributed by atoms with Crippen molar-refractivity contribution >= 4 is 15.9 Å². The number of nitrogens with one attached hydrogen (secondary N) is 2. The molecule has 1 amide bonds. The smallest absolute Gasteiger partial charge is 0.239 e. The lowest BCUT2D eigenvalue weighted by atomic mass is 9.88. The largest absolute Gasteiger partial charge is 0.339 e. The Hall–Kier alpha value is -0.660. The molecule has 2 N–H and O–H groups in total. The molecule has 2 aliphatic rings. The van der Waals surface area contributed by atoms with E-state index in [0.29, 0.717) is 19.0 Å². The Bertz CT molecular complexity index is 424. The number of piperazine rings is 1. The van der Waals surface area contributed by atoms with Gasteiger partial charge < -0.3 is 10.2 Å². The second-order valence-electron chi connectivity index (χ2n) is 5.96. The maximum Gasteiger partial charge on any atom is 0.239 e. The predicted molar refractivity (Wildman–Crippen MR) is 77.8 cm³/mol. The number of nitrogens with zero attached hydrogens (tertiary/aromatic N) is 1. The van der Waals surface area contributed by atoms with Crippen LogP contribution >= 0.6 is 0 Å². The molecule has 2 fully saturated rings. The Kier molecular flexibility index (Phi) is 5.40. The fourth-order valence-electron chi connectivity index (χ4n) is 2.84. The van der Waals surface area contributed by atoms with E-state index in [2.05, 4.69) is 17.0 Å². The van der Waals surface area contributed by atoms with E-state index in [1.54, 1.807) is 4.90 Å². The number of rotatable bonds is 4. The fraction of sp³-hybridized carbons (Fsp3) is 0.923. The average Bonchev–Trinajstić information content (AvgIpc) is 2.41. The first kappa shape index (κ1) is 15.7. The van der Waals surface area contributed by atoms with Gasteiger partial charge in [-0.25, -0.2) is 13.1 Å². The molecule has 1 saturated carbocycles. The number of carbonyl (C=O) groups is 1. The van der Waals surface area contributed by atoms with Crippen molar-refractivity contribution in [1.29, 1.82) is 0 Å². The minimum Gasteiger partial charge on any atom is -0.339 e. The molecule has 6 nitrogen and oxygen atoms in total. The maximum absolute atomic E-state index is 12.1. The lowest BCUT2D eigenvalue weighted by molar-refractivity contribution is -0.129. The average molecular weight is 303 g/mol. The third-order valence-electron chi connectivity index (χ3n) is 4.15. The van der Waals surface area contributed by atoms with E-state index in [-0.39, 0.29) is 11.9 Å². The molecule has 1 heterocycles. The normalized spacial score (nSPS) is 28.4. The van der Waals surface area contributed by atoms with E-state index in [1.807, 2.05) is 0 Å². The molecule has 1 saturated heterocycles. The monoisotopic (exact) mass is 303 g/mol. The van der Waals surface area contributed by atoms with Gasteiger partial charge in [0.15, 0.2) is 0 Å². The van der Waals surface area contributed by atoms with Gasteiger partial charge in [0.2, 0.25) is 15.9 Å². The molecular formula is C13H25N3O3S. The molecule has 0 spiro atoms. The zero-order chi connectivity index (χ0) is 14.6. The molecular weight excluding hydrogens is 278 g/mol. The van der Waals surface area contributed by atoms with Gasteiger partial charge >= 0.3 is 0 Å². The van der Waals surface area contributed by atoms with Gasteiger partial charge in [0.05, 0.1) is 0 Å². The number of carbonyl (C=O) groups excluding carboxylic acids is 1. The minimum atomic E-state index is -3.51. The molecule has 0 radical (unpaired) electrons. The Morgan fingerprint density at radius 3 is 2.40 bits per heavy atom. The van der Waals surface area contributed by atoms with Crippen LogP contribution < -0.4 is 10.0 Å². The highest BCUT2D eigenvalue weighted by Crippen LogP contribution is 2.23. The third kappa shape index (κ3) is 4.71. The number of hydrogen-bond acceptors (Lipinski definition) is 4. The van der Waals surface area contributed by atoms with Crippen molar-refractivity contribution < 1.29 is 13.2 Å². The number of hydrogen-bond donors (Lipinski definition) is 2. The number of amides is 1. The van der Waals surface area contributed by atoms with Crippen LogP contribution in [0.4, 0.5) is 0 Å². The van der Waals surface area contributed by atoms with Gasteiger partial charge in [0, 0.05) is 32.2 Å². The van der Waals surface area contributed by atoms with Gasteiger partial charge in [-0.15, -0.1) is 0 Å². The van der Waals surface area contributed by atoms with Gasteiger partial charge in [-0.2, -0.15) is 0 Å². The second-order valence-corrected chi connectivity index (χ2v) is 7.72. The summed E-state index contributed by atoms with van der Waals surface area (Å²) in [6.45, 7) is 4.85. The van der Waals surface area contributed by atoms with Crippen molar-refractivity contribution in [3.05, 3.63) is 0 Å². The Labute approximate surface area is 121 Å². The Morgan fingerprint density at radius 2 is 1.80 bits per heavy atom. The molecule has 2 rings (SSSR count). The van der Waals surface area contributed by atoms with Gasteiger partial charge in [0.25, 0.3) is 0 Å². The highest BCUT2D eigenvalue weighted by Gasteiger charge is 2.27. The van der Waals surface area contributed by atoms with Crippen LogP contribution in [0.25, 0.3) is 0 Å². The van der Waals surface area contributed by atoms with Crippen LogP contribution in [0.5, 0.6) is 0 Å². The van der Waals surface area contributed by atoms with Gasteiger partial charge in [0.1, 0.15) is 5.75 Å². The van der Waals surface area contributed by atoms with Gasteiger partial charge in [-0.05, 0) is 31.6 Å². The van der Waals surface area contributed by atoms with Crippen LogP contribution in [-0.4, -0.2) is 57.2 Å². The topological polar surface area (TPSA) is 78.5 Å². The lowest BCUT2D eigenvalue weighted by Gasteiger charge is -2.29. The first-order chi connectivity index (χ1) is 9.46. The first-order valence-corrected chi connectivity index (χ1v) is 9.10. The van der Waals surface area contributed by atoms with Crippen molar-refractivity contribution in [1.82, 2.24) is 14.9 Å². The molecule has 0 aromatic carbocycles. The summed E-state index contributed by atoms with van der Waals surface area (Å²) in [6.07, 6.45) is 3.86. The molecule has 0 bridgehead atoms.